The zero-order chi connectivity index (χ0) is 28.9. The van der Waals surface area contributed by atoms with Crippen LogP contribution in [0.2, 0.25) is 0 Å². The van der Waals surface area contributed by atoms with E-state index >= 15 is 0 Å². The van der Waals surface area contributed by atoms with E-state index in [4.69, 9.17) is 0 Å². The second-order valence-electron chi connectivity index (χ2n) is 10.3. The monoisotopic (exact) mass is 582 g/mol. The lowest BCUT2D eigenvalue weighted by atomic mass is 10.1. The molecule has 10 heteroatoms. The summed E-state index contributed by atoms with van der Waals surface area (Å²) in [6, 6.07) is 22.0. The first kappa shape index (κ1) is 29.8. The van der Waals surface area contributed by atoms with Gasteiger partial charge in [-0.25, -0.2) is 26.3 Å². The second-order valence-corrected chi connectivity index (χ2v) is 13.7. The van der Waals surface area contributed by atoms with Crippen molar-refractivity contribution in [2.24, 2.45) is 0 Å². The fourth-order valence-corrected chi connectivity index (χ4v) is 7.54. The van der Waals surface area contributed by atoms with Crippen molar-refractivity contribution in [3.8, 4) is 0 Å². The molecule has 4 rings (SSSR count). The molecule has 2 N–H and O–H groups in total. The molecule has 0 spiro atoms. The number of unbranched alkanes of at least 4 members (excludes halogenated alkanes) is 3. The Balaban J connectivity index is 1.27. The van der Waals surface area contributed by atoms with Gasteiger partial charge in [-0.2, -0.15) is 0 Å². The maximum absolute atomic E-state index is 13.1. The van der Waals surface area contributed by atoms with Crippen molar-refractivity contribution < 1.29 is 16.8 Å². The molecule has 0 atom stereocenters. The van der Waals surface area contributed by atoms with Gasteiger partial charge in [0.15, 0.2) is 0 Å². The molecule has 0 saturated heterocycles. The van der Waals surface area contributed by atoms with E-state index in [0.717, 1.165) is 35.0 Å². The minimum atomic E-state index is -3.67. The number of fused-ring (bicyclic) bond motifs is 2. The second kappa shape index (κ2) is 12.6. The van der Waals surface area contributed by atoms with E-state index < -0.39 is 20.0 Å². The number of sulfonamides is 2. The molecule has 0 radical (unpaired) electrons. The van der Waals surface area contributed by atoms with Crippen LogP contribution in [0.4, 0.5) is 11.4 Å². The molecule has 0 bridgehead atoms. The minimum Gasteiger partial charge on any atom is -0.377 e. The third kappa shape index (κ3) is 6.58. The van der Waals surface area contributed by atoms with Crippen molar-refractivity contribution in [3.05, 3.63) is 72.8 Å². The molecule has 0 aliphatic heterocycles. The number of nitrogens with zero attached hydrogens (tertiary/aromatic N) is 2. The first-order valence-corrected chi connectivity index (χ1v) is 16.4. The third-order valence-corrected chi connectivity index (χ3v) is 9.99. The number of anilines is 2. The van der Waals surface area contributed by atoms with Crippen molar-refractivity contribution in [3.63, 3.8) is 0 Å². The van der Waals surface area contributed by atoms with Crippen molar-refractivity contribution in [2.75, 3.05) is 51.1 Å². The van der Waals surface area contributed by atoms with E-state index in [0.29, 0.717) is 36.7 Å². The van der Waals surface area contributed by atoms with Gasteiger partial charge in [-0.3, -0.25) is 0 Å². The average molecular weight is 583 g/mol. The highest BCUT2D eigenvalue weighted by Gasteiger charge is 2.19. The van der Waals surface area contributed by atoms with Gasteiger partial charge >= 0.3 is 0 Å². The van der Waals surface area contributed by atoms with Crippen molar-refractivity contribution in [1.29, 1.82) is 0 Å². The molecule has 4 aromatic carbocycles. The summed E-state index contributed by atoms with van der Waals surface area (Å²) in [6.45, 7) is 0.643. The first-order chi connectivity index (χ1) is 19.0. The lowest BCUT2D eigenvalue weighted by molar-refractivity contribution is 0.563. The standard InChI is InChI=1S/C30H38N4O4S2/c1-33(2)27-17-9-15-25-23(27)13-11-19-29(25)39(35,36)31-21-7-5-6-8-22-32-40(37,38)30-20-12-14-24-26(30)16-10-18-28(24)34(3)4/h9-20,31-32H,5-8,21-22H2,1-4H3. The molecule has 0 unspecified atom stereocenters. The number of hydrogen-bond donors (Lipinski definition) is 2. The summed E-state index contributed by atoms with van der Waals surface area (Å²) in [7, 11) is 0.404. The molecular weight excluding hydrogens is 544 g/mol. The quantitative estimate of drug-likeness (QED) is 0.217. The van der Waals surface area contributed by atoms with E-state index in [-0.39, 0.29) is 9.79 Å². The maximum Gasteiger partial charge on any atom is 0.241 e. The van der Waals surface area contributed by atoms with Crippen LogP contribution in [0.25, 0.3) is 21.5 Å². The van der Waals surface area contributed by atoms with E-state index in [1.165, 1.54) is 0 Å². The number of rotatable bonds is 13. The van der Waals surface area contributed by atoms with Crippen LogP contribution in [0, 0.1) is 0 Å². The molecule has 40 heavy (non-hydrogen) atoms. The topological polar surface area (TPSA) is 98.8 Å². The van der Waals surface area contributed by atoms with Crippen LogP contribution >= 0.6 is 0 Å². The Morgan fingerprint density at radius 1 is 0.500 bits per heavy atom. The molecule has 0 aliphatic carbocycles. The highest BCUT2D eigenvalue weighted by molar-refractivity contribution is 7.90. The zero-order valence-electron chi connectivity index (χ0n) is 23.5. The van der Waals surface area contributed by atoms with Crippen LogP contribution in [0.15, 0.2) is 82.6 Å². The van der Waals surface area contributed by atoms with Crippen LogP contribution in [0.1, 0.15) is 25.7 Å². The third-order valence-electron chi connectivity index (χ3n) is 6.95. The molecule has 0 aliphatic rings. The molecule has 0 amide bonds. The lowest BCUT2D eigenvalue weighted by Gasteiger charge is -2.17. The van der Waals surface area contributed by atoms with Crippen LogP contribution in [-0.2, 0) is 20.0 Å². The zero-order valence-corrected chi connectivity index (χ0v) is 25.1. The summed E-state index contributed by atoms with van der Waals surface area (Å²) in [5, 5.41) is 3.16. The van der Waals surface area contributed by atoms with Gasteiger partial charge in [0.05, 0.1) is 9.79 Å². The summed E-state index contributed by atoms with van der Waals surface area (Å²) in [6.07, 6.45) is 2.89. The summed E-state index contributed by atoms with van der Waals surface area (Å²) in [5.74, 6) is 0. The summed E-state index contributed by atoms with van der Waals surface area (Å²) < 4.78 is 57.7. The van der Waals surface area contributed by atoms with E-state index in [2.05, 4.69) is 9.44 Å². The number of hydrogen-bond acceptors (Lipinski definition) is 6. The van der Waals surface area contributed by atoms with Gasteiger partial charge < -0.3 is 9.80 Å². The number of nitrogens with one attached hydrogen (secondary N) is 2. The Kier molecular flexibility index (Phi) is 9.35. The Morgan fingerprint density at radius 2 is 0.850 bits per heavy atom. The van der Waals surface area contributed by atoms with Gasteiger partial charge in [0, 0.05) is 74.2 Å². The van der Waals surface area contributed by atoms with Crippen LogP contribution < -0.4 is 19.2 Å². The van der Waals surface area contributed by atoms with Gasteiger partial charge in [-0.1, -0.05) is 61.4 Å². The predicted octanol–water partition coefficient (Wildman–Crippen LogP) is 4.94. The maximum atomic E-state index is 13.1. The predicted molar refractivity (Wildman–Crippen MR) is 165 cm³/mol. The van der Waals surface area contributed by atoms with Crippen LogP contribution in [0.5, 0.6) is 0 Å². The molecule has 0 saturated carbocycles. The van der Waals surface area contributed by atoms with Gasteiger partial charge in [0.25, 0.3) is 0 Å². The lowest BCUT2D eigenvalue weighted by Crippen LogP contribution is -2.26. The van der Waals surface area contributed by atoms with Gasteiger partial charge in [-0.15, -0.1) is 0 Å². The smallest absolute Gasteiger partial charge is 0.241 e. The molecule has 214 valence electrons. The molecular formula is C30H38N4O4S2. The van der Waals surface area contributed by atoms with E-state index in [1.807, 2.05) is 86.5 Å². The normalized spacial score (nSPS) is 12.2. The van der Waals surface area contributed by atoms with Crippen LogP contribution in [0.3, 0.4) is 0 Å². The molecule has 4 aromatic rings. The fourth-order valence-electron chi connectivity index (χ4n) is 4.95. The highest BCUT2D eigenvalue weighted by Crippen LogP contribution is 2.31. The Bertz CT molecular complexity index is 1570. The van der Waals surface area contributed by atoms with Gasteiger partial charge in [0.2, 0.25) is 20.0 Å². The SMILES string of the molecule is CN(C)c1cccc2c(S(=O)(=O)NCCCCCCNS(=O)(=O)c3cccc4c(N(C)C)cccc34)cccc12. The molecule has 0 fully saturated rings. The summed E-state index contributed by atoms with van der Waals surface area (Å²) in [5.41, 5.74) is 1.92. The van der Waals surface area contributed by atoms with E-state index in [9.17, 15) is 16.8 Å². The average Bonchev–Trinajstić information content (AvgIpc) is 2.92. The summed E-state index contributed by atoms with van der Waals surface area (Å²) >= 11 is 0. The van der Waals surface area contributed by atoms with Crippen molar-refractivity contribution >= 4 is 53.0 Å². The highest BCUT2D eigenvalue weighted by atomic mass is 32.2. The van der Waals surface area contributed by atoms with Gasteiger partial charge in [0.1, 0.15) is 0 Å². The molecule has 0 aromatic heterocycles. The van der Waals surface area contributed by atoms with Crippen LogP contribution in [-0.4, -0.2) is 58.1 Å². The van der Waals surface area contributed by atoms with Crippen molar-refractivity contribution in [2.45, 2.75) is 35.5 Å². The number of benzene rings is 4. The van der Waals surface area contributed by atoms with Gasteiger partial charge in [-0.05, 0) is 37.1 Å². The molecule has 0 heterocycles. The van der Waals surface area contributed by atoms with Crippen molar-refractivity contribution in [1.82, 2.24) is 9.44 Å². The summed E-state index contributed by atoms with van der Waals surface area (Å²) in [4.78, 5) is 4.48. The largest absolute Gasteiger partial charge is 0.377 e. The Morgan fingerprint density at radius 3 is 1.23 bits per heavy atom. The fraction of sp³-hybridized carbons (Fsp3) is 0.333. The minimum absolute atomic E-state index is 0.272. The van der Waals surface area contributed by atoms with E-state index in [1.54, 1.807) is 24.3 Å². The first-order valence-electron chi connectivity index (χ1n) is 13.4. The Hall–Kier alpha value is -3.18. The Labute approximate surface area is 238 Å². The molecule has 8 nitrogen and oxygen atoms in total.